The minimum atomic E-state index is -0.875. The number of hydrogen-bond acceptors (Lipinski definition) is 6. The van der Waals surface area contributed by atoms with E-state index in [1.54, 1.807) is 0 Å². The van der Waals surface area contributed by atoms with Gasteiger partial charge in [0.1, 0.15) is 6.61 Å². The van der Waals surface area contributed by atoms with Crippen molar-refractivity contribution in [3.63, 3.8) is 0 Å². The second-order valence-corrected chi connectivity index (χ2v) is 12.4. The highest BCUT2D eigenvalue weighted by molar-refractivity contribution is 5.72. The van der Waals surface area contributed by atoms with Crippen molar-refractivity contribution < 1.29 is 38.2 Å². The molecule has 0 saturated carbocycles. The molecule has 0 spiro atoms. The summed E-state index contributed by atoms with van der Waals surface area (Å²) in [5.74, 6) is -1.47. The Morgan fingerprint density at radius 1 is 0.634 bits per heavy atom. The summed E-state index contributed by atoms with van der Waals surface area (Å²) in [5, 5.41) is 9.52. The van der Waals surface area contributed by atoms with Gasteiger partial charge in [-0.2, -0.15) is 0 Å². The minimum Gasteiger partial charge on any atom is -0.477 e. The van der Waals surface area contributed by atoms with Crippen molar-refractivity contribution >= 4 is 17.9 Å². The average molecular weight is 587 g/mol. The molecular formula is C33H64NO7+. The Kier molecular flexibility index (Phi) is 24.9. The molecule has 0 radical (unpaired) electrons. The molecule has 8 heteroatoms. The number of rotatable bonds is 29. The maximum Gasteiger partial charge on any atom is 0.362 e. The van der Waals surface area contributed by atoms with Gasteiger partial charge in [-0.3, -0.25) is 9.59 Å². The molecule has 0 aliphatic rings. The van der Waals surface area contributed by atoms with E-state index in [4.69, 9.17) is 14.2 Å². The number of hydrogen-bond donors (Lipinski definition) is 1. The Bertz CT molecular complexity index is 662. The van der Waals surface area contributed by atoms with Crippen LogP contribution in [0.4, 0.5) is 0 Å². The first kappa shape index (κ1) is 39.3. The van der Waals surface area contributed by atoms with Crippen molar-refractivity contribution in [1.82, 2.24) is 0 Å². The van der Waals surface area contributed by atoms with Crippen molar-refractivity contribution in [1.29, 1.82) is 0 Å². The lowest BCUT2D eigenvalue weighted by molar-refractivity contribution is -0.887. The number of aliphatic carboxylic acids is 1. The number of carboxylic acids is 1. The summed E-state index contributed by atoms with van der Waals surface area (Å²) >= 11 is 0. The first-order valence-corrected chi connectivity index (χ1v) is 16.6. The van der Waals surface area contributed by atoms with E-state index in [1.807, 2.05) is 21.1 Å². The number of carboxylic acid groups (broad SMARTS) is 1. The molecule has 0 aliphatic heterocycles. The molecular weight excluding hydrogens is 522 g/mol. The van der Waals surface area contributed by atoms with Gasteiger partial charge in [0.2, 0.25) is 0 Å². The van der Waals surface area contributed by atoms with E-state index in [0.29, 0.717) is 19.3 Å². The molecule has 242 valence electrons. The average Bonchev–Trinajstić information content (AvgIpc) is 2.91. The van der Waals surface area contributed by atoms with Crippen LogP contribution in [0.5, 0.6) is 0 Å². The molecule has 8 nitrogen and oxygen atoms in total. The summed E-state index contributed by atoms with van der Waals surface area (Å²) < 4.78 is 17.1. The molecule has 41 heavy (non-hydrogen) atoms. The molecule has 2 unspecified atom stereocenters. The fourth-order valence-electron chi connectivity index (χ4n) is 4.85. The second kappa shape index (κ2) is 26.0. The van der Waals surface area contributed by atoms with Gasteiger partial charge in [-0.25, -0.2) is 4.79 Å². The van der Waals surface area contributed by atoms with Gasteiger partial charge in [0.05, 0.1) is 34.4 Å². The van der Waals surface area contributed by atoms with Crippen LogP contribution in [-0.4, -0.2) is 80.6 Å². The van der Waals surface area contributed by atoms with Gasteiger partial charge in [-0.1, -0.05) is 110 Å². The normalized spacial score (nSPS) is 13.1. The zero-order valence-corrected chi connectivity index (χ0v) is 27.3. The number of carbonyl (C=O) groups is 3. The van der Waals surface area contributed by atoms with E-state index in [-0.39, 0.29) is 36.2 Å². The monoisotopic (exact) mass is 586 g/mol. The van der Waals surface area contributed by atoms with Crippen LogP contribution in [0.25, 0.3) is 0 Å². The zero-order valence-electron chi connectivity index (χ0n) is 27.3. The van der Waals surface area contributed by atoms with Crippen LogP contribution in [0.3, 0.4) is 0 Å². The lowest BCUT2D eigenvalue weighted by atomic mass is 10.1. The van der Waals surface area contributed by atoms with E-state index < -0.39 is 18.1 Å². The molecule has 0 saturated heterocycles. The summed E-state index contributed by atoms with van der Waals surface area (Å²) in [7, 11) is 5.50. The van der Waals surface area contributed by atoms with E-state index in [1.165, 1.54) is 70.6 Å². The third kappa shape index (κ3) is 24.6. The maximum absolute atomic E-state index is 12.5. The highest BCUT2D eigenvalue weighted by Crippen LogP contribution is 2.13. The van der Waals surface area contributed by atoms with Crippen LogP contribution < -0.4 is 0 Å². The molecule has 0 aromatic carbocycles. The topological polar surface area (TPSA) is 99.1 Å². The lowest BCUT2D eigenvalue weighted by Crippen LogP contribution is -2.50. The highest BCUT2D eigenvalue weighted by atomic mass is 16.6. The van der Waals surface area contributed by atoms with Crippen molar-refractivity contribution in [2.75, 3.05) is 41.0 Å². The Morgan fingerprint density at radius 2 is 1.07 bits per heavy atom. The quantitative estimate of drug-likeness (QED) is 0.0552. The number of nitrogens with zero attached hydrogens (tertiary/aromatic N) is 1. The lowest BCUT2D eigenvalue weighted by Gasteiger charge is -2.31. The molecule has 1 N–H and O–H groups in total. The molecule has 0 amide bonds. The summed E-state index contributed by atoms with van der Waals surface area (Å²) in [4.78, 5) is 36.4. The smallest absolute Gasteiger partial charge is 0.362 e. The first-order valence-electron chi connectivity index (χ1n) is 16.6. The molecule has 0 aromatic heterocycles. The number of likely N-dealkylation sites (N-methyl/N-ethyl adjacent to an activating group) is 1. The zero-order chi connectivity index (χ0) is 30.8. The van der Waals surface area contributed by atoms with Gasteiger partial charge >= 0.3 is 17.9 Å². The van der Waals surface area contributed by atoms with Crippen molar-refractivity contribution in [3.8, 4) is 0 Å². The predicted octanol–water partition coefficient (Wildman–Crippen LogP) is 7.46. The largest absolute Gasteiger partial charge is 0.477 e. The highest BCUT2D eigenvalue weighted by Gasteiger charge is 2.31. The van der Waals surface area contributed by atoms with Crippen LogP contribution in [0.15, 0.2) is 0 Å². The van der Waals surface area contributed by atoms with E-state index in [2.05, 4.69) is 13.8 Å². The summed E-state index contributed by atoms with van der Waals surface area (Å²) in [6, 6.07) is -0.604. The third-order valence-electron chi connectivity index (χ3n) is 7.51. The van der Waals surface area contributed by atoms with Crippen LogP contribution in [0, 0.1) is 0 Å². The van der Waals surface area contributed by atoms with Crippen LogP contribution in [0.2, 0.25) is 0 Å². The minimum absolute atomic E-state index is 0.0446. The van der Waals surface area contributed by atoms with Gasteiger partial charge in [-0.15, -0.1) is 0 Å². The summed E-state index contributed by atoms with van der Waals surface area (Å²) in [5.41, 5.74) is 0. The van der Waals surface area contributed by atoms with Gasteiger partial charge in [0, 0.05) is 19.3 Å². The molecule has 0 aromatic rings. The van der Waals surface area contributed by atoms with Gasteiger partial charge in [-0.05, 0) is 12.8 Å². The Hall–Kier alpha value is -1.67. The second-order valence-electron chi connectivity index (χ2n) is 12.4. The van der Waals surface area contributed by atoms with Crippen LogP contribution in [0.1, 0.15) is 142 Å². The number of unbranched alkanes of at least 4 members (excludes halogenated alkanes) is 15. The standard InChI is InChI=1S/C33H63NO7/c1-6-8-10-12-14-15-16-18-19-21-23-31(35)40-28-29(27-39-26-25-30(33(37)38)34(3,4)5)41-32(36)24-22-20-17-13-11-9-7-2/h29-30H,6-28H2,1-5H3/p+1. The van der Waals surface area contributed by atoms with Gasteiger partial charge in [0.25, 0.3) is 0 Å². The fourth-order valence-corrected chi connectivity index (χ4v) is 4.85. The molecule has 0 aliphatic carbocycles. The molecule has 0 fully saturated rings. The Balaban J connectivity index is 4.46. The van der Waals surface area contributed by atoms with Crippen LogP contribution >= 0.6 is 0 Å². The van der Waals surface area contributed by atoms with Gasteiger partial charge < -0.3 is 23.8 Å². The summed E-state index contributed by atoms with van der Waals surface area (Å²) in [6.45, 7) is 4.66. The molecule has 0 heterocycles. The molecule has 0 rings (SSSR count). The number of ether oxygens (including phenoxy) is 3. The molecule has 2 atom stereocenters. The van der Waals surface area contributed by atoms with E-state index in [9.17, 15) is 19.5 Å². The first-order chi connectivity index (χ1) is 19.6. The number of carbonyl (C=O) groups excluding carboxylic acids is 2. The van der Waals surface area contributed by atoms with Gasteiger partial charge in [0.15, 0.2) is 12.1 Å². The number of quaternary nitrogens is 1. The maximum atomic E-state index is 12.5. The van der Waals surface area contributed by atoms with Crippen molar-refractivity contribution in [2.45, 2.75) is 154 Å². The third-order valence-corrected chi connectivity index (χ3v) is 7.51. The van der Waals surface area contributed by atoms with Crippen molar-refractivity contribution in [3.05, 3.63) is 0 Å². The van der Waals surface area contributed by atoms with E-state index in [0.717, 1.165) is 38.5 Å². The Labute approximate surface area is 251 Å². The summed E-state index contributed by atoms with van der Waals surface area (Å²) in [6.07, 6.45) is 20.1. The fraction of sp³-hybridized carbons (Fsp3) is 0.909. The van der Waals surface area contributed by atoms with Crippen LogP contribution in [-0.2, 0) is 28.6 Å². The van der Waals surface area contributed by atoms with Crippen molar-refractivity contribution in [2.24, 2.45) is 0 Å². The predicted molar refractivity (Wildman–Crippen MR) is 165 cm³/mol. The Morgan fingerprint density at radius 3 is 1.51 bits per heavy atom. The van der Waals surface area contributed by atoms with E-state index >= 15 is 0 Å². The number of esters is 2. The molecule has 0 bridgehead atoms. The SMILES string of the molecule is CCCCCCCCCCCCC(=O)OCC(COCCC(C(=O)O)[N+](C)(C)C)OC(=O)CCCCCCCCC.